The number of nitrogens with one attached hydrogen (secondary N) is 8. The number of aromatic nitrogens is 10. The molecule has 0 unspecified atom stereocenters. The van der Waals surface area contributed by atoms with E-state index < -0.39 is 0 Å². The molecule has 1 aliphatic heterocycles. The lowest BCUT2D eigenvalue weighted by Crippen LogP contribution is -2.38. The standard InChI is InChI=1S/C21H28N6O2.C20H28N7O2.C20H24N6O2.C19H23ClN6O.C19H24N6O.5CH4/c1-15-13-17(16(14-19(15)29)22-9-12-28)24-20-18-7-5-6-10-26(18)25-21(20)23-8-11-27(2,3)4;1-27(2,3)9-7-23-20-19(17-6-4-5-8-26(17)25-20)24-16-13-18(29-11-10-28)15(22)12-14(16)21;1-26(2,3)10-7-22-20-19(16-6-4-5-9-25(16)24-20)23-14-13-18-15(12-17(14)27)21-8-11-28-18;1-12-11-13(16(21)15(20)18(12)27)23-17-14-7-5-6-9-25(14)24-19(17)22-8-10-26(2,3)4;1-13-11-15(14(20)12-17(13)26)22-18-16-7-5-6-9-24(16)23-19(18)21-8-10-25(2,3)4;;;;;/h5-7,10,13-14,28H,8-9,11-12H2,1-4H3,(H-,22,23,25,29);4-6,8,12-13,21,28H,7,9-11,22H2,1-3H3,(H,23,25);4-6,9,12-13H,7-8,10-11H2,1-3H3,(H-,21,22,24,27);5-7,9,11H,8,10H2,1-4H3,(H2-,21,22,24,27);5-7,9,11-12H,8,10H2,1-4H3,(H2-,20,21,23,26);5*1H4/q;+1;;;;;;;;/p+4. The third-order valence-corrected chi connectivity index (χ3v) is 22.2. The number of allylic oxidation sites excluding steroid dienone is 13. The van der Waals surface area contributed by atoms with Crippen LogP contribution < -0.4 is 54.4 Å². The highest BCUT2D eigenvalue weighted by Crippen LogP contribution is 2.38. The fourth-order valence-electron chi connectivity index (χ4n) is 14.2. The van der Waals surface area contributed by atoms with Crippen molar-refractivity contribution in [2.24, 2.45) is 42.2 Å². The summed E-state index contributed by atoms with van der Waals surface area (Å²) in [6.45, 7) is 15.2. The number of hydrogen-bond acceptors (Lipinski definition) is 29. The third-order valence-electron chi connectivity index (χ3n) is 21.8. The number of hydrogen-bond donors (Lipinski definition) is 13. The number of carbonyl (C=O) groups is 4. The number of quaternary nitrogens is 5. The van der Waals surface area contributed by atoms with Crippen molar-refractivity contribution in [3.8, 4) is 0 Å². The van der Waals surface area contributed by atoms with Crippen molar-refractivity contribution in [3.63, 3.8) is 0 Å². The summed E-state index contributed by atoms with van der Waals surface area (Å²) in [5, 5.41) is 72.6. The second-order valence-corrected chi connectivity index (χ2v) is 39.1. The van der Waals surface area contributed by atoms with E-state index >= 15 is 0 Å². The Morgan fingerprint density at radius 1 is 0.410 bits per heavy atom. The number of Topliss-reactive ketones (excluding diaryl/α,β-unsaturated/α-hetero) is 1. The number of nitrogens with zero attached hydrogens (tertiary/aromatic N) is 20. The molecule has 40 heteroatoms. The molecule has 0 amide bonds. The largest absolute Gasteiger partial charge is 0.490 e. The van der Waals surface area contributed by atoms with Crippen LogP contribution in [0, 0.1) is 5.41 Å². The van der Waals surface area contributed by atoms with Crippen molar-refractivity contribution < 1.29 is 61.3 Å². The quantitative estimate of drug-likeness (QED) is 0.0109. The molecule has 0 aromatic carbocycles. The number of rotatable bonds is 31. The number of aliphatic hydroxyl groups excluding tert-OH is 2. The number of morpholine rings is 1. The van der Waals surface area contributed by atoms with Gasteiger partial charge >= 0.3 is 0 Å². The van der Waals surface area contributed by atoms with Crippen LogP contribution in [0.5, 0.6) is 0 Å². The number of likely N-dealkylation sites (N-methyl/N-ethyl adjacent to an activating group) is 5. The van der Waals surface area contributed by atoms with E-state index in [2.05, 4.69) is 173 Å². The second kappa shape index (κ2) is 50.7. The van der Waals surface area contributed by atoms with E-state index in [0.29, 0.717) is 140 Å². The molecule has 1 saturated heterocycles. The van der Waals surface area contributed by atoms with Gasteiger partial charge in [-0.2, -0.15) is 0 Å². The maximum Gasteiger partial charge on any atom is 0.206 e. The molecule has 0 radical (unpaired) electrons. The summed E-state index contributed by atoms with van der Waals surface area (Å²) in [5.74, 6) is 3.86. The second-order valence-electron chi connectivity index (χ2n) is 38.7. The fourth-order valence-corrected chi connectivity index (χ4v) is 14.4. The van der Waals surface area contributed by atoms with Crippen LogP contribution in [0.15, 0.2) is 263 Å². The Hall–Kier alpha value is -14.8. The van der Waals surface area contributed by atoms with Gasteiger partial charge < -0.3 is 96.5 Å². The Balaban J connectivity index is 0.000000242. The molecule has 1 fully saturated rings. The lowest BCUT2D eigenvalue weighted by Gasteiger charge is -2.24. The zero-order valence-electron chi connectivity index (χ0n) is 82.5. The highest BCUT2D eigenvalue weighted by molar-refractivity contribution is 6.51. The maximum absolute atomic E-state index is 12.6. The smallest absolute Gasteiger partial charge is 0.206 e. The van der Waals surface area contributed by atoms with E-state index in [1.54, 1.807) is 79.8 Å². The van der Waals surface area contributed by atoms with Gasteiger partial charge in [0, 0.05) is 80.0 Å². The zero-order valence-corrected chi connectivity index (χ0v) is 83.2. The number of ketones is 4. The fraction of sp³-hybridized carbons (Fsp3) is 0.375. The summed E-state index contributed by atoms with van der Waals surface area (Å²) < 4.78 is 24.2. The molecular weight excluding hydrogens is 1850 g/mol. The normalized spacial score (nSPS) is 16.3. The summed E-state index contributed by atoms with van der Waals surface area (Å²) in [6, 6.07) is 29.0. The molecule has 16 rings (SSSR count). The third kappa shape index (κ3) is 31.3. The number of nitrogens with two attached hydrogens (primary N) is 3. The SMILES string of the molecule is C.C.C.C.C.CC1=CC(=Nc2c(NCC[N+](C)(C)C)nn3ccccc23)C(N)=C(Cl)C1=O.CC1=CC(=Nc2c(NCC[N+](C)(C)C)nn3ccccc23)C(N)=CC1=O.CC1=CC(=Nc2c(NCC[N+](C)(C)C)nn3ccccc23)C(NCCO)=CC1=O.C[N+](C)(C)CCNc1nn2ccccc2c1N=C1C=C(OCCO)C(N)=CC1=N.C[N+](C)(C)CCNc1nn2ccccc2c1N=C1C=C2OCCNC2=CC1=O. The minimum Gasteiger partial charge on any atom is -0.490 e. The van der Waals surface area contributed by atoms with E-state index in [0.717, 1.165) is 133 Å². The molecule has 0 bridgehead atoms. The van der Waals surface area contributed by atoms with Crippen LogP contribution in [-0.4, -0.2) is 349 Å². The molecule has 0 saturated carbocycles. The van der Waals surface area contributed by atoms with E-state index in [-0.39, 0.29) is 96.5 Å². The topological polar surface area (TPSA) is 462 Å². The van der Waals surface area contributed by atoms with Crippen LogP contribution in [0.3, 0.4) is 0 Å². The molecule has 11 heterocycles. The maximum atomic E-state index is 12.6. The Bertz CT molecular complexity index is 6810. The summed E-state index contributed by atoms with van der Waals surface area (Å²) in [6.07, 6.45) is 23.8. The summed E-state index contributed by atoms with van der Waals surface area (Å²) in [5.41, 5.74) is 32.2. The van der Waals surface area contributed by atoms with Crippen molar-refractivity contribution in [1.29, 1.82) is 5.41 Å². The van der Waals surface area contributed by atoms with Crippen molar-refractivity contribution in [2.45, 2.75) is 57.9 Å². The van der Waals surface area contributed by atoms with Crippen molar-refractivity contribution in [1.82, 2.24) is 58.7 Å². The van der Waals surface area contributed by atoms with Gasteiger partial charge in [-0.3, -0.25) is 24.6 Å². The molecule has 10 aromatic rings. The average molecular weight is 2000 g/mol. The van der Waals surface area contributed by atoms with Gasteiger partial charge in [0.15, 0.2) is 40.7 Å². The average Bonchev–Trinajstić information content (AvgIpc) is 1.63. The van der Waals surface area contributed by atoms with Gasteiger partial charge in [0.1, 0.15) is 63.9 Å². The molecule has 144 heavy (non-hydrogen) atoms. The highest BCUT2D eigenvalue weighted by Gasteiger charge is 2.29. The predicted octanol–water partition coefficient (Wildman–Crippen LogP) is 11.8. The number of aliphatic imine (C=N–C) groups is 5. The number of ether oxygens (including phenoxy) is 2. The van der Waals surface area contributed by atoms with Crippen LogP contribution in [0.25, 0.3) is 27.6 Å². The lowest BCUT2D eigenvalue weighted by atomic mass is 10.0. The van der Waals surface area contributed by atoms with Gasteiger partial charge in [0.25, 0.3) is 0 Å². The Labute approximate surface area is 850 Å². The van der Waals surface area contributed by atoms with Gasteiger partial charge in [-0.15, -0.1) is 25.5 Å². The van der Waals surface area contributed by atoms with Crippen LogP contribution in [-0.2, 0) is 28.7 Å². The minimum atomic E-state index is -0.269. The van der Waals surface area contributed by atoms with E-state index in [4.69, 9.17) is 73.9 Å². The zero-order chi connectivity index (χ0) is 100. The molecule has 772 valence electrons. The van der Waals surface area contributed by atoms with Gasteiger partial charge in [-0.1, -0.05) is 79.1 Å². The van der Waals surface area contributed by atoms with E-state index in [9.17, 15) is 19.2 Å². The Kier molecular flexibility index (Phi) is 40.9. The lowest BCUT2D eigenvalue weighted by molar-refractivity contribution is -0.868. The molecule has 6 aliphatic rings. The highest BCUT2D eigenvalue weighted by atomic mass is 35.5. The molecule has 0 atom stereocenters. The number of anilines is 5. The number of fused-ring (bicyclic) bond motifs is 6. The van der Waals surface area contributed by atoms with Crippen LogP contribution >= 0.6 is 11.6 Å². The Morgan fingerprint density at radius 2 is 0.757 bits per heavy atom. The first-order valence-electron chi connectivity index (χ1n) is 45.7. The minimum absolute atomic E-state index is 0. The van der Waals surface area contributed by atoms with Crippen molar-refractivity contribution >= 4 is 154 Å². The van der Waals surface area contributed by atoms with Gasteiger partial charge in [0.05, 0.1) is 269 Å². The van der Waals surface area contributed by atoms with Crippen LogP contribution in [0.4, 0.5) is 57.5 Å². The van der Waals surface area contributed by atoms with Crippen molar-refractivity contribution in [3.05, 3.63) is 238 Å². The Morgan fingerprint density at radius 3 is 1.13 bits per heavy atom. The van der Waals surface area contributed by atoms with E-state index in [1.807, 2.05) is 122 Å². The number of halogens is 1. The first kappa shape index (κ1) is 116. The van der Waals surface area contributed by atoms with Gasteiger partial charge in [0.2, 0.25) is 11.6 Å². The van der Waals surface area contributed by atoms with Crippen LogP contribution in [0.1, 0.15) is 57.9 Å². The first-order valence-corrected chi connectivity index (χ1v) is 46.0. The number of aliphatic hydroxyl groups is 2. The molecule has 16 N–H and O–H groups in total. The van der Waals surface area contributed by atoms with Gasteiger partial charge in [-0.05, 0) is 117 Å². The van der Waals surface area contributed by atoms with E-state index in [1.165, 1.54) is 18.2 Å². The van der Waals surface area contributed by atoms with Gasteiger partial charge in [-0.25, -0.2) is 47.5 Å². The summed E-state index contributed by atoms with van der Waals surface area (Å²) in [4.78, 5) is 72.1. The molecule has 10 aromatic heterocycles. The first-order chi connectivity index (χ1) is 65.9. The summed E-state index contributed by atoms with van der Waals surface area (Å²) in [7, 11) is 32.1. The molecular formula is C104H151ClN31O8+5. The summed E-state index contributed by atoms with van der Waals surface area (Å²) >= 11 is 6.08. The monoisotopic (exact) mass is 2000 g/mol. The molecule has 5 aliphatic carbocycles. The van der Waals surface area contributed by atoms with Crippen molar-refractivity contribution in [2.75, 3.05) is 237 Å². The van der Waals surface area contributed by atoms with Crippen LogP contribution in [0.2, 0.25) is 0 Å². The molecule has 39 nitrogen and oxygen atoms in total. The molecule has 0 spiro atoms. The number of pyridine rings is 5. The predicted molar refractivity (Wildman–Crippen MR) is 587 cm³/mol. The number of carbonyl (C=O) groups excluding carboxylic acids is 4.